The quantitative estimate of drug-likeness (QED) is 0.305. The number of aromatic amines is 2. The second-order valence-electron chi connectivity index (χ2n) is 7.87. The molecule has 0 amide bonds. The van der Waals surface area contributed by atoms with Crippen LogP contribution >= 0.6 is 0 Å². The van der Waals surface area contributed by atoms with Gasteiger partial charge in [0.2, 0.25) is 6.35 Å². The molecule has 4 aromatic rings. The van der Waals surface area contributed by atoms with Crippen LogP contribution in [-0.2, 0) is 16.0 Å². The molecule has 9 nitrogen and oxygen atoms in total. The van der Waals surface area contributed by atoms with Gasteiger partial charge in [-0.15, -0.1) is 0 Å². The highest BCUT2D eigenvalue weighted by molar-refractivity contribution is 5.82. The van der Waals surface area contributed by atoms with Gasteiger partial charge in [-0.2, -0.15) is 5.10 Å². The van der Waals surface area contributed by atoms with Crippen LogP contribution in [-0.4, -0.2) is 64.8 Å². The summed E-state index contributed by atoms with van der Waals surface area (Å²) in [5, 5.41) is 13.3. The Morgan fingerprint density at radius 3 is 2.79 bits per heavy atom. The number of morpholine rings is 1. The molecule has 172 valence electrons. The summed E-state index contributed by atoms with van der Waals surface area (Å²) in [6.45, 7) is 4.32. The van der Waals surface area contributed by atoms with Gasteiger partial charge in [0.15, 0.2) is 5.82 Å². The van der Waals surface area contributed by atoms with E-state index in [2.05, 4.69) is 42.8 Å². The number of halogens is 1. The predicted octanol–water partition coefficient (Wildman–Crippen LogP) is 3.38. The Hall–Kier alpha value is -3.47. The van der Waals surface area contributed by atoms with Gasteiger partial charge in [0, 0.05) is 26.7 Å². The van der Waals surface area contributed by atoms with Crippen molar-refractivity contribution in [2.45, 2.75) is 12.9 Å². The summed E-state index contributed by atoms with van der Waals surface area (Å²) >= 11 is 0. The predicted molar refractivity (Wildman–Crippen MR) is 124 cm³/mol. The molecule has 1 atom stereocenters. The van der Waals surface area contributed by atoms with E-state index in [9.17, 15) is 4.39 Å². The number of ether oxygens (including phenoxy) is 2. The summed E-state index contributed by atoms with van der Waals surface area (Å²) in [5.74, 6) is 0.285. The third kappa shape index (κ3) is 4.82. The van der Waals surface area contributed by atoms with Gasteiger partial charge < -0.3 is 25.1 Å². The average molecular weight is 452 g/mol. The maximum Gasteiger partial charge on any atom is 0.205 e. The van der Waals surface area contributed by atoms with Crippen molar-refractivity contribution < 1.29 is 13.9 Å². The SMILES string of the molecule is COC(Nc1ccccc1F)Nc1cn[nH]c1-c1nc2ccc(CN3CCOCC3)cc2[nH]1. The molecule has 0 aliphatic carbocycles. The lowest BCUT2D eigenvalue weighted by atomic mass is 10.2. The van der Waals surface area contributed by atoms with E-state index in [4.69, 9.17) is 14.5 Å². The van der Waals surface area contributed by atoms with E-state index in [-0.39, 0.29) is 5.82 Å². The van der Waals surface area contributed by atoms with Crippen LogP contribution in [0.5, 0.6) is 0 Å². The highest BCUT2D eigenvalue weighted by atomic mass is 19.1. The van der Waals surface area contributed by atoms with Crippen LogP contribution < -0.4 is 10.6 Å². The Morgan fingerprint density at radius 2 is 1.97 bits per heavy atom. The van der Waals surface area contributed by atoms with Gasteiger partial charge in [0.1, 0.15) is 11.5 Å². The number of anilines is 2. The number of aromatic nitrogens is 4. The number of hydrogen-bond acceptors (Lipinski definition) is 7. The molecule has 0 bridgehead atoms. The monoisotopic (exact) mass is 451 g/mol. The third-order valence-corrected chi connectivity index (χ3v) is 5.62. The Morgan fingerprint density at radius 1 is 1.15 bits per heavy atom. The van der Waals surface area contributed by atoms with Gasteiger partial charge in [0.05, 0.1) is 41.8 Å². The minimum atomic E-state index is -0.678. The Bertz CT molecular complexity index is 1220. The summed E-state index contributed by atoms with van der Waals surface area (Å²) < 4.78 is 24.9. The van der Waals surface area contributed by atoms with Crippen LogP contribution in [0.4, 0.5) is 15.8 Å². The van der Waals surface area contributed by atoms with Gasteiger partial charge >= 0.3 is 0 Å². The zero-order valence-electron chi connectivity index (χ0n) is 18.3. The maximum absolute atomic E-state index is 14.0. The molecular formula is C23H26FN7O2. The van der Waals surface area contributed by atoms with Crippen molar-refractivity contribution in [3.05, 3.63) is 60.0 Å². The van der Waals surface area contributed by atoms with Crippen LogP contribution in [0.2, 0.25) is 0 Å². The van der Waals surface area contributed by atoms with Crippen molar-refractivity contribution in [1.29, 1.82) is 0 Å². The molecule has 1 saturated heterocycles. The van der Waals surface area contributed by atoms with Gasteiger partial charge in [-0.25, -0.2) is 9.37 Å². The molecule has 2 aromatic carbocycles. The zero-order valence-corrected chi connectivity index (χ0v) is 18.3. The largest absolute Gasteiger partial charge is 0.379 e. The van der Waals surface area contributed by atoms with E-state index in [1.54, 1.807) is 24.4 Å². The molecule has 33 heavy (non-hydrogen) atoms. The van der Waals surface area contributed by atoms with E-state index in [1.165, 1.54) is 18.7 Å². The first-order valence-electron chi connectivity index (χ1n) is 10.8. The lowest BCUT2D eigenvalue weighted by Crippen LogP contribution is -2.35. The number of para-hydroxylation sites is 1. The molecule has 1 fully saturated rings. The van der Waals surface area contributed by atoms with Crippen LogP contribution in [0.15, 0.2) is 48.7 Å². The summed E-state index contributed by atoms with van der Waals surface area (Å²) in [6.07, 6.45) is 0.962. The van der Waals surface area contributed by atoms with Gasteiger partial charge in [-0.3, -0.25) is 10.00 Å². The molecule has 0 radical (unpaired) electrons. The fourth-order valence-electron chi connectivity index (χ4n) is 3.88. The third-order valence-electron chi connectivity index (χ3n) is 5.62. The van der Waals surface area contributed by atoms with E-state index < -0.39 is 6.35 Å². The van der Waals surface area contributed by atoms with E-state index in [0.29, 0.717) is 22.9 Å². The van der Waals surface area contributed by atoms with Gasteiger partial charge in [-0.05, 0) is 29.8 Å². The molecule has 1 unspecified atom stereocenters. The fraction of sp³-hybridized carbons (Fsp3) is 0.304. The number of imidazole rings is 1. The Labute approximate surface area is 190 Å². The highest BCUT2D eigenvalue weighted by Gasteiger charge is 2.17. The number of nitrogens with one attached hydrogen (secondary N) is 4. The Kier molecular flexibility index (Phi) is 6.20. The second kappa shape index (κ2) is 9.57. The number of nitrogens with zero attached hydrogens (tertiary/aromatic N) is 3. The van der Waals surface area contributed by atoms with E-state index in [1.807, 2.05) is 6.07 Å². The Balaban J connectivity index is 1.34. The minimum absolute atomic E-state index is 0.332. The van der Waals surface area contributed by atoms with Gasteiger partial charge in [-0.1, -0.05) is 18.2 Å². The maximum atomic E-state index is 14.0. The molecule has 3 heterocycles. The van der Waals surface area contributed by atoms with E-state index >= 15 is 0 Å². The van der Waals surface area contributed by atoms with Crippen LogP contribution in [0.1, 0.15) is 5.56 Å². The lowest BCUT2D eigenvalue weighted by Gasteiger charge is -2.26. The first-order valence-corrected chi connectivity index (χ1v) is 10.8. The molecule has 1 aliphatic heterocycles. The molecule has 0 spiro atoms. The highest BCUT2D eigenvalue weighted by Crippen LogP contribution is 2.27. The number of benzene rings is 2. The smallest absolute Gasteiger partial charge is 0.205 e. The number of rotatable bonds is 8. The van der Waals surface area contributed by atoms with Crippen molar-refractivity contribution in [3.8, 4) is 11.5 Å². The van der Waals surface area contributed by atoms with Crippen molar-refractivity contribution in [1.82, 2.24) is 25.1 Å². The topological polar surface area (TPSA) is 103 Å². The summed E-state index contributed by atoms with van der Waals surface area (Å²) in [6, 6.07) is 12.7. The molecule has 2 aromatic heterocycles. The molecule has 5 rings (SSSR count). The molecule has 0 saturated carbocycles. The number of H-pyrrole nitrogens is 2. The number of hydrogen-bond donors (Lipinski definition) is 4. The second-order valence-corrected chi connectivity index (χ2v) is 7.87. The van der Waals surface area contributed by atoms with Crippen molar-refractivity contribution >= 4 is 22.4 Å². The van der Waals surface area contributed by atoms with Crippen molar-refractivity contribution in [3.63, 3.8) is 0 Å². The molecule has 1 aliphatic rings. The minimum Gasteiger partial charge on any atom is -0.379 e. The van der Waals surface area contributed by atoms with Crippen LogP contribution in [0.3, 0.4) is 0 Å². The van der Waals surface area contributed by atoms with Crippen molar-refractivity contribution in [2.75, 3.05) is 44.0 Å². The lowest BCUT2D eigenvalue weighted by molar-refractivity contribution is 0.0342. The van der Waals surface area contributed by atoms with Crippen LogP contribution in [0, 0.1) is 5.82 Å². The summed E-state index contributed by atoms with van der Waals surface area (Å²) in [7, 11) is 1.53. The summed E-state index contributed by atoms with van der Waals surface area (Å²) in [4.78, 5) is 10.5. The number of methoxy groups -OCH3 is 1. The van der Waals surface area contributed by atoms with Gasteiger partial charge in [0.25, 0.3) is 0 Å². The first kappa shape index (κ1) is 21.4. The average Bonchev–Trinajstić information content (AvgIpc) is 3.47. The zero-order chi connectivity index (χ0) is 22.6. The molecule has 10 heteroatoms. The van der Waals surface area contributed by atoms with Crippen molar-refractivity contribution in [2.24, 2.45) is 0 Å². The summed E-state index contributed by atoms with van der Waals surface area (Å²) in [5.41, 5.74) is 4.71. The van der Waals surface area contributed by atoms with Crippen LogP contribution in [0.25, 0.3) is 22.6 Å². The normalized spacial score (nSPS) is 15.6. The molecule has 4 N–H and O–H groups in total. The number of fused-ring (bicyclic) bond motifs is 1. The standard InChI is InChI=1S/C23H26FN7O2/c1-32-23(28-17-5-3-2-4-16(17)24)29-20-13-25-30-21(20)22-26-18-7-6-15(12-19(18)27-22)14-31-8-10-33-11-9-31/h2-7,12-13,23,28-29H,8-11,14H2,1H3,(H,25,30)(H,26,27). The fourth-order valence-corrected chi connectivity index (χ4v) is 3.88. The first-order chi connectivity index (χ1) is 16.2. The van der Waals surface area contributed by atoms with E-state index in [0.717, 1.165) is 43.9 Å². The molecular weight excluding hydrogens is 425 g/mol.